The molecule has 1 unspecified atom stereocenters. The van der Waals surface area contributed by atoms with Crippen LogP contribution in [0.15, 0.2) is 18.2 Å². The molecule has 0 spiro atoms. The largest absolute Gasteiger partial charge is 0.508 e. The molecule has 0 saturated heterocycles. The Hall–Kier alpha value is -2.08. The predicted molar refractivity (Wildman–Crippen MR) is 77.3 cm³/mol. The van der Waals surface area contributed by atoms with Crippen molar-refractivity contribution in [2.24, 2.45) is 5.73 Å². The van der Waals surface area contributed by atoms with Crippen LogP contribution >= 0.6 is 0 Å². The normalized spacial score (nSPS) is 11.9. The number of primary amides is 1. The molecule has 0 aromatic heterocycles. The standard InChI is InChI=1S/C14H21N3O3/c1-3-4-14(20)17-10-5-6-12(18)11(7-10)9(2)16-8-13(15)19/h5-7,9,16,18H,3-4,8H2,1-2H3,(H2,15,19)(H,17,20). The number of amides is 2. The molecule has 0 aliphatic heterocycles. The molecule has 1 rings (SSSR count). The molecule has 5 N–H and O–H groups in total. The van der Waals surface area contributed by atoms with Crippen molar-refractivity contribution in [1.82, 2.24) is 5.32 Å². The van der Waals surface area contributed by atoms with Gasteiger partial charge in [-0.1, -0.05) is 6.92 Å². The molecule has 0 radical (unpaired) electrons. The summed E-state index contributed by atoms with van der Waals surface area (Å²) in [5.41, 5.74) is 6.28. The van der Waals surface area contributed by atoms with E-state index in [0.717, 1.165) is 6.42 Å². The van der Waals surface area contributed by atoms with Crippen molar-refractivity contribution >= 4 is 17.5 Å². The highest BCUT2D eigenvalue weighted by molar-refractivity contribution is 5.90. The number of nitrogens with two attached hydrogens (primary N) is 1. The highest BCUT2D eigenvalue weighted by Gasteiger charge is 2.12. The molecule has 0 saturated carbocycles. The van der Waals surface area contributed by atoms with E-state index in [9.17, 15) is 14.7 Å². The quantitative estimate of drug-likeness (QED) is 0.564. The Morgan fingerprint density at radius 1 is 1.40 bits per heavy atom. The van der Waals surface area contributed by atoms with Crippen molar-refractivity contribution in [2.75, 3.05) is 11.9 Å². The summed E-state index contributed by atoms with van der Waals surface area (Å²) in [6, 6.07) is 4.57. The summed E-state index contributed by atoms with van der Waals surface area (Å²) in [5.74, 6) is -0.436. The number of aromatic hydroxyl groups is 1. The monoisotopic (exact) mass is 279 g/mol. The van der Waals surface area contributed by atoms with Gasteiger partial charge in [-0.3, -0.25) is 9.59 Å². The van der Waals surface area contributed by atoms with Gasteiger partial charge in [-0.15, -0.1) is 0 Å². The molecule has 6 heteroatoms. The zero-order valence-corrected chi connectivity index (χ0v) is 11.8. The van der Waals surface area contributed by atoms with Gasteiger partial charge in [0.1, 0.15) is 5.75 Å². The summed E-state index contributed by atoms with van der Waals surface area (Å²) in [6.45, 7) is 3.75. The molecule has 110 valence electrons. The van der Waals surface area contributed by atoms with Gasteiger partial charge in [0, 0.05) is 23.7 Å². The number of benzene rings is 1. The summed E-state index contributed by atoms with van der Waals surface area (Å²) < 4.78 is 0. The molecular formula is C14H21N3O3. The van der Waals surface area contributed by atoms with Gasteiger partial charge >= 0.3 is 0 Å². The number of hydrogen-bond donors (Lipinski definition) is 4. The second-order valence-corrected chi connectivity index (χ2v) is 4.64. The highest BCUT2D eigenvalue weighted by Crippen LogP contribution is 2.27. The molecule has 6 nitrogen and oxygen atoms in total. The van der Waals surface area contributed by atoms with Gasteiger partial charge in [-0.2, -0.15) is 0 Å². The average molecular weight is 279 g/mol. The fourth-order valence-corrected chi connectivity index (χ4v) is 1.79. The van der Waals surface area contributed by atoms with Crippen LogP contribution in [0.5, 0.6) is 5.75 Å². The van der Waals surface area contributed by atoms with Crippen LogP contribution < -0.4 is 16.4 Å². The van der Waals surface area contributed by atoms with E-state index in [0.29, 0.717) is 17.7 Å². The Bertz CT molecular complexity index is 489. The van der Waals surface area contributed by atoms with Crippen LogP contribution in [0.2, 0.25) is 0 Å². The van der Waals surface area contributed by atoms with E-state index in [2.05, 4.69) is 10.6 Å². The Morgan fingerprint density at radius 2 is 2.10 bits per heavy atom. The van der Waals surface area contributed by atoms with Gasteiger partial charge in [0.05, 0.1) is 6.54 Å². The minimum absolute atomic E-state index is 0.0209. The predicted octanol–water partition coefficient (Wildman–Crippen LogP) is 1.27. The zero-order chi connectivity index (χ0) is 15.1. The van der Waals surface area contributed by atoms with Gasteiger partial charge < -0.3 is 21.5 Å². The van der Waals surface area contributed by atoms with Gasteiger partial charge in [-0.05, 0) is 31.5 Å². The maximum atomic E-state index is 11.5. The Balaban J connectivity index is 2.80. The van der Waals surface area contributed by atoms with Gasteiger partial charge in [-0.25, -0.2) is 0 Å². The number of nitrogens with one attached hydrogen (secondary N) is 2. The molecule has 0 aliphatic rings. The first kappa shape index (κ1) is 16.0. The third kappa shape index (κ3) is 4.89. The lowest BCUT2D eigenvalue weighted by molar-refractivity contribution is -0.117. The molecule has 1 aromatic carbocycles. The van der Waals surface area contributed by atoms with Crippen LogP contribution in [0.1, 0.15) is 38.3 Å². The minimum Gasteiger partial charge on any atom is -0.508 e. The molecule has 0 bridgehead atoms. The van der Waals surface area contributed by atoms with Crippen LogP contribution in [0.4, 0.5) is 5.69 Å². The molecule has 1 atom stereocenters. The molecule has 0 heterocycles. The lowest BCUT2D eigenvalue weighted by atomic mass is 10.1. The van der Waals surface area contributed by atoms with Crippen LogP contribution in [0, 0.1) is 0 Å². The first-order chi connectivity index (χ1) is 9.43. The molecule has 0 aliphatic carbocycles. The topological polar surface area (TPSA) is 104 Å². The third-order valence-electron chi connectivity index (χ3n) is 2.84. The Kier molecular flexibility index (Phi) is 5.99. The average Bonchev–Trinajstić information content (AvgIpc) is 2.38. The van der Waals surface area contributed by atoms with Crippen molar-refractivity contribution in [3.05, 3.63) is 23.8 Å². The van der Waals surface area contributed by atoms with Gasteiger partial charge in [0.2, 0.25) is 11.8 Å². The number of anilines is 1. The molecule has 1 aromatic rings. The highest BCUT2D eigenvalue weighted by atomic mass is 16.3. The van der Waals surface area contributed by atoms with E-state index in [-0.39, 0.29) is 24.2 Å². The Morgan fingerprint density at radius 3 is 2.70 bits per heavy atom. The summed E-state index contributed by atoms with van der Waals surface area (Å²) in [6.07, 6.45) is 1.22. The van der Waals surface area contributed by atoms with Crippen molar-refractivity contribution in [3.63, 3.8) is 0 Å². The summed E-state index contributed by atoms with van der Waals surface area (Å²) in [5, 5.41) is 15.5. The fourth-order valence-electron chi connectivity index (χ4n) is 1.79. The van der Waals surface area contributed by atoms with E-state index in [1.807, 2.05) is 6.92 Å². The third-order valence-corrected chi connectivity index (χ3v) is 2.84. The first-order valence-corrected chi connectivity index (χ1v) is 6.58. The smallest absolute Gasteiger partial charge is 0.231 e. The van der Waals surface area contributed by atoms with E-state index in [1.54, 1.807) is 19.1 Å². The number of phenolic OH excluding ortho intramolecular Hbond substituents is 1. The lowest BCUT2D eigenvalue weighted by Crippen LogP contribution is -2.30. The zero-order valence-electron chi connectivity index (χ0n) is 11.8. The maximum absolute atomic E-state index is 11.5. The Labute approximate surface area is 118 Å². The van der Waals surface area contributed by atoms with E-state index in [1.165, 1.54) is 6.07 Å². The fraction of sp³-hybridized carbons (Fsp3) is 0.429. The van der Waals surface area contributed by atoms with Crippen molar-refractivity contribution < 1.29 is 14.7 Å². The van der Waals surface area contributed by atoms with Crippen LogP contribution in [0.25, 0.3) is 0 Å². The maximum Gasteiger partial charge on any atom is 0.231 e. The summed E-state index contributed by atoms with van der Waals surface area (Å²) in [4.78, 5) is 22.3. The summed E-state index contributed by atoms with van der Waals surface area (Å²) in [7, 11) is 0. The van der Waals surface area contributed by atoms with Crippen molar-refractivity contribution in [2.45, 2.75) is 32.7 Å². The van der Waals surface area contributed by atoms with Gasteiger partial charge in [0.25, 0.3) is 0 Å². The first-order valence-electron chi connectivity index (χ1n) is 6.58. The second-order valence-electron chi connectivity index (χ2n) is 4.64. The lowest BCUT2D eigenvalue weighted by Gasteiger charge is -2.16. The number of hydrogen-bond acceptors (Lipinski definition) is 4. The molecule has 20 heavy (non-hydrogen) atoms. The molecule has 0 fully saturated rings. The van der Waals surface area contributed by atoms with E-state index >= 15 is 0 Å². The number of carbonyl (C=O) groups excluding carboxylic acids is 2. The van der Waals surface area contributed by atoms with E-state index < -0.39 is 5.91 Å². The molecule has 2 amide bonds. The number of carbonyl (C=O) groups is 2. The summed E-state index contributed by atoms with van der Waals surface area (Å²) >= 11 is 0. The minimum atomic E-state index is -0.469. The molecular weight excluding hydrogens is 258 g/mol. The number of rotatable bonds is 7. The number of phenols is 1. The van der Waals surface area contributed by atoms with E-state index in [4.69, 9.17) is 5.73 Å². The SMILES string of the molecule is CCCC(=O)Nc1ccc(O)c(C(C)NCC(N)=O)c1. The van der Waals surface area contributed by atoms with Crippen LogP contribution in [-0.4, -0.2) is 23.5 Å². The van der Waals surface area contributed by atoms with Crippen LogP contribution in [-0.2, 0) is 9.59 Å². The van der Waals surface area contributed by atoms with Gasteiger partial charge in [0.15, 0.2) is 0 Å². The van der Waals surface area contributed by atoms with Crippen molar-refractivity contribution in [1.29, 1.82) is 0 Å². The second kappa shape index (κ2) is 7.49. The van der Waals surface area contributed by atoms with Crippen molar-refractivity contribution in [3.8, 4) is 5.75 Å². The van der Waals surface area contributed by atoms with Crippen LogP contribution in [0.3, 0.4) is 0 Å².